The van der Waals surface area contributed by atoms with Crippen LogP contribution in [0, 0.1) is 16.7 Å². The molecule has 1 N–H and O–H groups in total. The van der Waals surface area contributed by atoms with E-state index < -0.39 is 0 Å². The van der Waals surface area contributed by atoms with Crippen molar-refractivity contribution in [2.45, 2.75) is 77.7 Å². The van der Waals surface area contributed by atoms with Gasteiger partial charge in [0.25, 0.3) is 0 Å². The van der Waals surface area contributed by atoms with Gasteiger partial charge in [0.2, 0.25) is 0 Å². The molecule has 4 aliphatic carbocycles. The standard InChI is InChI=1S/C19H28O/c1-18-11-4-3-5-13(18)6-7-14-15-8-9-17(20)19(15,2)12-10-16(14)18/h5,15,17,20H,3-4,6-12H2,1-2H3/t15-,17-,18-,19-/m0/s1. The molecule has 0 aromatic carbocycles. The van der Waals surface area contributed by atoms with Crippen LogP contribution in [0.2, 0.25) is 0 Å². The van der Waals surface area contributed by atoms with E-state index >= 15 is 0 Å². The Morgan fingerprint density at radius 2 is 1.95 bits per heavy atom. The molecule has 0 aromatic rings. The fourth-order valence-corrected chi connectivity index (χ4v) is 5.96. The van der Waals surface area contributed by atoms with E-state index in [-0.39, 0.29) is 11.5 Å². The number of hydrogen-bond acceptors (Lipinski definition) is 1. The first kappa shape index (κ1) is 13.1. The quantitative estimate of drug-likeness (QED) is 0.630. The average Bonchev–Trinajstić information content (AvgIpc) is 2.74. The van der Waals surface area contributed by atoms with Gasteiger partial charge in [0.15, 0.2) is 0 Å². The molecule has 1 fully saturated rings. The molecule has 1 heteroatoms. The van der Waals surface area contributed by atoms with E-state index in [9.17, 15) is 5.11 Å². The van der Waals surface area contributed by atoms with Crippen molar-refractivity contribution in [3.63, 3.8) is 0 Å². The summed E-state index contributed by atoms with van der Waals surface area (Å²) < 4.78 is 0. The predicted octanol–water partition coefficient (Wildman–Crippen LogP) is 4.76. The van der Waals surface area contributed by atoms with Crippen LogP contribution in [0.4, 0.5) is 0 Å². The number of rotatable bonds is 0. The fraction of sp³-hybridized carbons (Fsp3) is 0.789. The zero-order chi connectivity index (χ0) is 14.0. The predicted molar refractivity (Wildman–Crippen MR) is 82.4 cm³/mol. The first-order chi connectivity index (χ1) is 9.56. The number of aliphatic hydroxyl groups is 1. The van der Waals surface area contributed by atoms with Crippen LogP contribution >= 0.6 is 0 Å². The largest absolute Gasteiger partial charge is 0.393 e. The highest BCUT2D eigenvalue weighted by molar-refractivity contribution is 5.42. The molecule has 0 saturated heterocycles. The molecule has 0 bridgehead atoms. The van der Waals surface area contributed by atoms with Gasteiger partial charge in [-0.25, -0.2) is 0 Å². The molecule has 4 rings (SSSR count). The summed E-state index contributed by atoms with van der Waals surface area (Å²) in [4.78, 5) is 0. The van der Waals surface area contributed by atoms with E-state index in [0.29, 0.717) is 11.3 Å². The molecular formula is C19H28O. The Morgan fingerprint density at radius 3 is 2.80 bits per heavy atom. The monoisotopic (exact) mass is 272 g/mol. The number of hydrogen-bond donors (Lipinski definition) is 1. The van der Waals surface area contributed by atoms with Crippen molar-refractivity contribution in [3.8, 4) is 0 Å². The molecule has 0 heterocycles. The third-order valence-electron chi connectivity index (χ3n) is 7.32. The van der Waals surface area contributed by atoms with E-state index in [4.69, 9.17) is 0 Å². The van der Waals surface area contributed by atoms with Crippen molar-refractivity contribution in [2.24, 2.45) is 16.7 Å². The lowest BCUT2D eigenvalue weighted by atomic mass is 9.54. The second kappa shape index (κ2) is 4.22. The Labute approximate surface area is 123 Å². The summed E-state index contributed by atoms with van der Waals surface area (Å²) in [6.45, 7) is 4.87. The van der Waals surface area contributed by atoms with E-state index in [1.807, 2.05) is 0 Å². The second-order valence-corrected chi connectivity index (χ2v) is 8.11. The van der Waals surface area contributed by atoms with Crippen LogP contribution in [0.5, 0.6) is 0 Å². The maximum atomic E-state index is 10.4. The van der Waals surface area contributed by atoms with Gasteiger partial charge in [0.05, 0.1) is 6.10 Å². The molecule has 1 saturated carbocycles. The van der Waals surface area contributed by atoms with Crippen molar-refractivity contribution in [2.75, 3.05) is 0 Å². The van der Waals surface area contributed by atoms with Gasteiger partial charge in [-0.1, -0.05) is 36.6 Å². The highest BCUT2D eigenvalue weighted by Gasteiger charge is 2.53. The summed E-state index contributed by atoms with van der Waals surface area (Å²) in [5, 5.41) is 10.4. The third kappa shape index (κ3) is 1.53. The zero-order valence-electron chi connectivity index (χ0n) is 13.0. The molecule has 4 aliphatic rings. The van der Waals surface area contributed by atoms with Crippen LogP contribution in [-0.4, -0.2) is 11.2 Å². The molecular weight excluding hydrogens is 244 g/mol. The van der Waals surface area contributed by atoms with Crippen molar-refractivity contribution in [1.82, 2.24) is 0 Å². The van der Waals surface area contributed by atoms with Gasteiger partial charge in [0, 0.05) is 10.8 Å². The van der Waals surface area contributed by atoms with Gasteiger partial charge in [0.1, 0.15) is 0 Å². The second-order valence-electron chi connectivity index (χ2n) is 8.11. The summed E-state index contributed by atoms with van der Waals surface area (Å²) in [7, 11) is 0. The molecule has 20 heavy (non-hydrogen) atoms. The average molecular weight is 272 g/mol. The minimum Gasteiger partial charge on any atom is -0.393 e. The minimum absolute atomic E-state index is 0.0577. The topological polar surface area (TPSA) is 20.2 Å². The molecule has 4 atom stereocenters. The van der Waals surface area contributed by atoms with Crippen molar-refractivity contribution >= 4 is 0 Å². The highest BCUT2D eigenvalue weighted by Crippen LogP contribution is 2.62. The number of allylic oxidation sites excluding steroid dienone is 4. The van der Waals surface area contributed by atoms with Crippen LogP contribution in [0.25, 0.3) is 0 Å². The zero-order valence-corrected chi connectivity index (χ0v) is 13.0. The lowest BCUT2D eigenvalue weighted by molar-refractivity contribution is 0.0318. The molecule has 0 unspecified atom stereocenters. The van der Waals surface area contributed by atoms with E-state index in [1.165, 1.54) is 51.4 Å². The lowest BCUT2D eigenvalue weighted by Gasteiger charge is -2.51. The van der Waals surface area contributed by atoms with Gasteiger partial charge in [-0.3, -0.25) is 0 Å². The number of fused-ring (bicyclic) bond motifs is 4. The Kier molecular flexibility index (Phi) is 2.77. The van der Waals surface area contributed by atoms with Gasteiger partial charge in [-0.05, 0) is 63.7 Å². The van der Waals surface area contributed by atoms with Gasteiger partial charge in [-0.2, -0.15) is 0 Å². The minimum atomic E-state index is -0.0577. The Balaban J connectivity index is 1.80. The van der Waals surface area contributed by atoms with E-state index in [1.54, 1.807) is 16.7 Å². The SMILES string of the molecule is C[C@]12CCCC=C1CCC1=C2CC[C@]2(C)[C@@H](O)CC[C@@H]12. The molecule has 0 aliphatic heterocycles. The van der Waals surface area contributed by atoms with Crippen LogP contribution in [0.3, 0.4) is 0 Å². The fourth-order valence-electron chi connectivity index (χ4n) is 5.96. The summed E-state index contributed by atoms with van der Waals surface area (Å²) in [6.07, 6.45) is 13.8. The smallest absolute Gasteiger partial charge is 0.0599 e. The van der Waals surface area contributed by atoms with Crippen molar-refractivity contribution in [3.05, 3.63) is 22.8 Å². The molecule has 0 spiro atoms. The van der Waals surface area contributed by atoms with Crippen LogP contribution in [0.15, 0.2) is 22.8 Å². The summed E-state index contributed by atoms with van der Waals surface area (Å²) >= 11 is 0. The molecule has 1 nitrogen and oxygen atoms in total. The van der Waals surface area contributed by atoms with Gasteiger partial charge in [-0.15, -0.1) is 0 Å². The molecule has 0 amide bonds. The maximum absolute atomic E-state index is 10.4. The normalized spacial score (nSPS) is 47.5. The van der Waals surface area contributed by atoms with Crippen molar-refractivity contribution in [1.29, 1.82) is 0 Å². The van der Waals surface area contributed by atoms with Gasteiger partial charge < -0.3 is 5.11 Å². The third-order valence-corrected chi connectivity index (χ3v) is 7.32. The summed E-state index contributed by atoms with van der Waals surface area (Å²) in [6, 6.07) is 0. The molecule has 0 radical (unpaired) electrons. The van der Waals surface area contributed by atoms with Crippen LogP contribution < -0.4 is 0 Å². The Bertz CT molecular complexity index is 500. The maximum Gasteiger partial charge on any atom is 0.0599 e. The first-order valence-electron chi connectivity index (χ1n) is 8.66. The van der Waals surface area contributed by atoms with Crippen LogP contribution in [-0.2, 0) is 0 Å². The van der Waals surface area contributed by atoms with Gasteiger partial charge >= 0.3 is 0 Å². The Hall–Kier alpha value is -0.560. The molecule has 0 aromatic heterocycles. The van der Waals surface area contributed by atoms with Crippen molar-refractivity contribution < 1.29 is 5.11 Å². The number of aliphatic hydroxyl groups excluding tert-OH is 1. The van der Waals surface area contributed by atoms with E-state index in [2.05, 4.69) is 19.9 Å². The Morgan fingerprint density at radius 1 is 1.10 bits per heavy atom. The highest BCUT2D eigenvalue weighted by atomic mass is 16.3. The molecule has 110 valence electrons. The first-order valence-corrected chi connectivity index (χ1v) is 8.66. The van der Waals surface area contributed by atoms with Crippen LogP contribution in [0.1, 0.15) is 71.6 Å². The summed E-state index contributed by atoms with van der Waals surface area (Å²) in [5.41, 5.74) is 5.89. The lowest BCUT2D eigenvalue weighted by Crippen LogP contribution is -2.41. The summed E-state index contributed by atoms with van der Waals surface area (Å²) in [5.74, 6) is 0.682. The van der Waals surface area contributed by atoms with E-state index in [0.717, 1.165) is 6.42 Å².